The summed E-state index contributed by atoms with van der Waals surface area (Å²) in [5.74, 6) is -0.666. The van der Waals surface area contributed by atoms with Gasteiger partial charge in [-0.3, -0.25) is 24.2 Å². The number of alkyl halides is 3. The van der Waals surface area contributed by atoms with Crippen molar-refractivity contribution in [3.05, 3.63) is 70.8 Å². The fourth-order valence-corrected chi connectivity index (χ4v) is 4.20. The molecular weight excluding hydrogens is 435 g/mol. The van der Waals surface area contributed by atoms with Crippen LogP contribution in [0.2, 0.25) is 0 Å². The van der Waals surface area contributed by atoms with Gasteiger partial charge in [0.1, 0.15) is 0 Å². The first-order valence-corrected chi connectivity index (χ1v) is 10.9. The summed E-state index contributed by atoms with van der Waals surface area (Å²) in [4.78, 5) is 42.4. The van der Waals surface area contributed by atoms with Gasteiger partial charge in [-0.2, -0.15) is 13.2 Å². The summed E-state index contributed by atoms with van der Waals surface area (Å²) in [5, 5.41) is 0. The summed E-state index contributed by atoms with van der Waals surface area (Å²) in [5.41, 5.74) is 0.933. The van der Waals surface area contributed by atoms with E-state index < -0.39 is 11.7 Å². The molecule has 4 rings (SSSR count). The maximum atomic E-state index is 12.7. The van der Waals surface area contributed by atoms with Gasteiger partial charge in [-0.1, -0.05) is 24.3 Å². The lowest BCUT2D eigenvalue weighted by Gasteiger charge is -2.35. The largest absolute Gasteiger partial charge is 0.416 e. The Balaban J connectivity index is 1.20. The normalized spacial score (nSPS) is 16.9. The number of rotatable bonds is 6. The number of carbonyl (C=O) groups excluding carboxylic acids is 3. The molecule has 174 valence electrons. The average molecular weight is 459 g/mol. The number of carbonyl (C=O) groups is 3. The van der Waals surface area contributed by atoms with E-state index in [1.807, 2.05) is 0 Å². The van der Waals surface area contributed by atoms with Gasteiger partial charge in [0.2, 0.25) is 5.91 Å². The summed E-state index contributed by atoms with van der Waals surface area (Å²) in [7, 11) is 0. The Hall–Kier alpha value is -3.20. The number of amides is 3. The number of nitrogens with zero attached hydrogens (tertiary/aromatic N) is 3. The van der Waals surface area contributed by atoms with Crippen LogP contribution in [0.3, 0.4) is 0 Å². The highest BCUT2D eigenvalue weighted by Crippen LogP contribution is 2.29. The standard InChI is InChI=1S/C24H24F3N3O3/c25-24(26,27)18-9-7-17(8-10-18)16-28-12-14-29(15-13-28)21(31)6-3-11-30-22(32)19-4-1-2-5-20(19)23(30)33/h1-2,4-5,7-10H,3,6,11-16H2. The topological polar surface area (TPSA) is 60.9 Å². The molecule has 9 heteroatoms. The molecule has 0 atom stereocenters. The highest BCUT2D eigenvalue weighted by Gasteiger charge is 2.35. The molecule has 33 heavy (non-hydrogen) atoms. The zero-order valence-electron chi connectivity index (χ0n) is 18.0. The lowest BCUT2D eigenvalue weighted by molar-refractivity contribution is -0.137. The van der Waals surface area contributed by atoms with Crippen molar-refractivity contribution < 1.29 is 27.6 Å². The molecule has 2 aromatic carbocycles. The van der Waals surface area contributed by atoms with E-state index in [1.54, 1.807) is 29.2 Å². The number of piperazine rings is 1. The molecule has 2 aromatic rings. The van der Waals surface area contributed by atoms with Crippen LogP contribution in [0.15, 0.2) is 48.5 Å². The van der Waals surface area contributed by atoms with Crippen molar-refractivity contribution in [1.82, 2.24) is 14.7 Å². The third kappa shape index (κ3) is 5.08. The molecule has 0 bridgehead atoms. The van der Waals surface area contributed by atoms with Crippen molar-refractivity contribution in [3.8, 4) is 0 Å². The second-order valence-electron chi connectivity index (χ2n) is 8.26. The first-order chi connectivity index (χ1) is 15.7. The van der Waals surface area contributed by atoms with Crippen LogP contribution in [-0.2, 0) is 17.5 Å². The van der Waals surface area contributed by atoms with Crippen LogP contribution >= 0.6 is 0 Å². The van der Waals surface area contributed by atoms with Gasteiger partial charge in [-0.05, 0) is 36.2 Å². The maximum absolute atomic E-state index is 12.7. The van der Waals surface area contributed by atoms with Crippen molar-refractivity contribution in [3.63, 3.8) is 0 Å². The molecule has 0 aliphatic carbocycles. The van der Waals surface area contributed by atoms with Crippen LogP contribution in [0.1, 0.15) is 44.7 Å². The third-order valence-electron chi connectivity index (χ3n) is 6.06. The molecule has 0 saturated carbocycles. The molecule has 0 N–H and O–H groups in total. The van der Waals surface area contributed by atoms with Gasteiger partial charge in [-0.15, -0.1) is 0 Å². The van der Waals surface area contributed by atoms with Gasteiger partial charge in [-0.25, -0.2) is 0 Å². The Morgan fingerprint density at radius 2 is 1.42 bits per heavy atom. The highest BCUT2D eigenvalue weighted by molar-refractivity contribution is 6.21. The molecule has 0 aromatic heterocycles. The van der Waals surface area contributed by atoms with Gasteiger partial charge >= 0.3 is 6.18 Å². The van der Waals surface area contributed by atoms with Crippen LogP contribution in [-0.4, -0.2) is 65.1 Å². The summed E-state index contributed by atoms with van der Waals surface area (Å²) in [6, 6.07) is 11.8. The smallest absolute Gasteiger partial charge is 0.340 e. The summed E-state index contributed by atoms with van der Waals surface area (Å²) < 4.78 is 38.1. The fourth-order valence-electron chi connectivity index (χ4n) is 4.20. The molecule has 1 saturated heterocycles. The molecular formula is C24H24F3N3O3. The predicted molar refractivity (Wildman–Crippen MR) is 114 cm³/mol. The second-order valence-corrected chi connectivity index (χ2v) is 8.26. The molecule has 0 spiro atoms. The SMILES string of the molecule is O=C(CCCN1C(=O)c2ccccc2C1=O)N1CCN(Cc2ccc(C(F)(F)F)cc2)CC1. The van der Waals surface area contributed by atoms with E-state index in [1.165, 1.54) is 17.0 Å². The number of benzene rings is 2. The Morgan fingerprint density at radius 1 is 0.848 bits per heavy atom. The zero-order valence-corrected chi connectivity index (χ0v) is 18.0. The average Bonchev–Trinajstić information content (AvgIpc) is 3.04. The predicted octanol–water partition coefficient (Wildman–Crippen LogP) is 3.43. The van der Waals surface area contributed by atoms with Crippen molar-refractivity contribution in [1.29, 1.82) is 0 Å². The molecule has 6 nitrogen and oxygen atoms in total. The van der Waals surface area contributed by atoms with Crippen molar-refractivity contribution in [2.24, 2.45) is 0 Å². The number of imide groups is 1. The second kappa shape index (κ2) is 9.35. The van der Waals surface area contributed by atoms with E-state index in [9.17, 15) is 27.6 Å². The van der Waals surface area contributed by atoms with Gasteiger partial charge in [0.15, 0.2) is 0 Å². The molecule has 3 amide bonds. The Kier molecular flexibility index (Phi) is 6.51. The number of halogens is 3. The number of hydrogen-bond donors (Lipinski definition) is 0. The van der Waals surface area contributed by atoms with E-state index in [0.717, 1.165) is 17.7 Å². The lowest BCUT2D eigenvalue weighted by atomic mass is 10.1. The third-order valence-corrected chi connectivity index (χ3v) is 6.06. The number of hydrogen-bond acceptors (Lipinski definition) is 4. The minimum absolute atomic E-state index is 0.0270. The first-order valence-electron chi connectivity index (χ1n) is 10.9. The van der Waals surface area contributed by atoms with E-state index in [4.69, 9.17) is 0 Å². The van der Waals surface area contributed by atoms with Crippen LogP contribution in [0.25, 0.3) is 0 Å². The zero-order chi connectivity index (χ0) is 23.6. The molecule has 0 radical (unpaired) electrons. The Labute approximate surface area is 189 Å². The monoisotopic (exact) mass is 459 g/mol. The van der Waals surface area contributed by atoms with Gasteiger partial charge in [0.05, 0.1) is 16.7 Å². The van der Waals surface area contributed by atoms with Crippen molar-refractivity contribution in [2.45, 2.75) is 25.6 Å². The number of fused-ring (bicyclic) bond motifs is 1. The Morgan fingerprint density at radius 3 is 1.97 bits per heavy atom. The van der Waals surface area contributed by atoms with Crippen LogP contribution < -0.4 is 0 Å². The minimum atomic E-state index is -4.34. The Bertz CT molecular complexity index is 1010. The molecule has 2 heterocycles. The van der Waals surface area contributed by atoms with E-state index in [-0.39, 0.29) is 30.7 Å². The van der Waals surface area contributed by atoms with Crippen molar-refractivity contribution >= 4 is 17.7 Å². The van der Waals surface area contributed by atoms with E-state index >= 15 is 0 Å². The van der Waals surface area contributed by atoms with Crippen LogP contribution in [0, 0.1) is 0 Å². The fraction of sp³-hybridized carbons (Fsp3) is 0.375. The summed E-state index contributed by atoms with van der Waals surface area (Å²) in [6.07, 6.45) is -3.70. The summed E-state index contributed by atoms with van der Waals surface area (Å²) >= 11 is 0. The van der Waals surface area contributed by atoms with Crippen LogP contribution in [0.4, 0.5) is 13.2 Å². The van der Waals surface area contributed by atoms with E-state index in [0.29, 0.717) is 50.3 Å². The molecule has 2 aliphatic rings. The maximum Gasteiger partial charge on any atom is 0.416 e. The minimum Gasteiger partial charge on any atom is -0.340 e. The van der Waals surface area contributed by atoms with Crippen LogP contribution in [0.5, 0.6) is 0 Å². The lowest BCUT2D eigenvalue weighted by Crippen LogP contribution is -2.48. The first kappa shape index (κ1) is 23.0. The van der Waals surface area contributed by atoms with Gasteiger partial charge in [0.25, 0.3) is 11.8 Å². The van der Waals surface area contributed by atoms with E-state index in [2.05, 4.69) is 4.90 Å². The van der Waals surface area contributed by atoms with Gasteiger partial charge < -0.3 is 4.90 Å². The van der Waals surface area contributed by atoms with Gasteiger partial charge in [0, 0.05) is 45.7 Å². The molecule has 1 fully saturated rings. The molecule has 0 unspecified atom stereocenters. The quantitative estimate of drug-likeness (QED) is 0.621. The summed E-state index contributed by atoms with van der Waals surface area (Å²) in [6.45, 7) is 3.06. The highest BCUT2D eigenvalue weighted by atomic mass is 19.4. The van der Waals surface area contributed by atoms with Crippen molar-refractivity contribution in [2.75, 3.05) is 32.7 Å². The molecule has 2 aliphatic heterocycles.